The van der Waals surface area contributed by atoms with Crippen LogP contribution in [-0.4, -0.2) is 7.11 Å². The molecule has 1 aromatic rings. The molecule has 0 heterocycles. The van der Waals surface area contributed by atoms with E-state index in [-0.39, 0.29) is 51.9 Å². The molecule has 0 aromatic heterocycles. The number of rotatable bonds is 3. The molecule has 0 unspecified atom stereocenters. The van der Waals surface area contributed by atoms with E-state index < -0.39 is 0 Å². The van der Waals surface area contributed by atoms with Crippen molar-refractivity contribution in [3.8, 4) is 5.75 Å². The molecule has 1 aromatic carbocycles. The van der Waals surface area contributed by atoms with Crippen LogP contribution in [0.3, 0.4) is 0 Å². The standard InChI is InChI=1S/C15H17O.2ClH.Ti/c1-15(2,12-8-4-5-9-12)13-10-6-7-11-14(13)16-3;;;/h4,6-8,10-11H,5H2,1-3H3;2*1H;/q-1;;;+3/p-2. The van der Waals surface area contributed by atoms with Crippen molar-refractivity contribution < 1.29 is 51.3 Å². The van der Waals surface area contributed by atoms with E-state index in [0.29, 0.717) is 0 Å². The summed E-state index contributed by atoms with van der Waals surface area (Å²) in [6.45, 7) is 4.42. The van der Waals surface area contributed by atoms with Gasteiger partial charge in [0.1, 0.15) is 5.75 Å². The molecule has 0 saturated carbocycles. The normalized spacial score (nSPS) is 12.7. The van der Waals surface area contributed by atoms with Gasteiger partial charge in [0.2, 0.25) is 0 Å². The second-order valence-electron chi connectivity index (χ2n) is 4.52. The Kier molecular flexibility index (Phi) is 9.84. The Morgan fingerprint density at radius 1 is 1.16 bits per heavy atom. The fourth-order valence-corrected chi connectivity index (χ4v) is 2.14. The van der Waals surface area contributed by atoms with E-state index in [0.717, 1.165) is 12.2 Å². The van der Waals surface area contributed by atoms with Gasteiger partial charge in [-0.1, -0.05) is 32.0 Å². The third-order valence-electron chi connectivity index (χ3n) is 3.15. The molecule has 0 saturated heterocycles. The topological polar surface area (TPSA) is 9.23 Å². The minimum atomic E-state index is -0.0421. The summed E-state index contributed by atoms with van der Waals surface area (Å²) in [7, 11) is 1.72. The number of hydrogen-bond acceptors (Lipinski definition) is 1. The SMILES string of the molecule is COc1ccccc1C(C)(C)C1=[C-]CC=C1.[Cl-].[Cl-].[Ti+3]. The summed E-state index contributed by atoms with van der Waals surface area (Å²) < 4.78 is 5.43. The monoisotopic (exact) mass is 331 g/mol. The summed E-state index contributed by atoms with van der Waals surface area (Å²) in [5, 5.41) is 0. The summed E-state index contributed by atoms with van der Waals surface area (Å²) in [5.74, 6) is 0.946. The van der Waals surface area contributed by atoms with Crippen molar-refractivity contribution in [2.75, 3.05) is 7.11 Å². The van der Waals surface area contributed by atoms with Crippen molar-refractivity contribution in [3.05, 3.63) is 53.6 Å². The maximum Gasteiger partial charge on any atom is 3.00 e. The van der Waals surface area contributed by atoms with E-state index >= 15 is 0 Å². The summed E-state index contributed by atoms with van der Waals surface area (Å²) >= 11 is 0. The third-order valence-corrected chi connectivity index (χ3v) is 3.15. The van der Waals surface area contributed by atoms with E-state index in [9.17, 15) is 0 Å². The Bertz CT molecular complexity index is 453. The van der Waals surface area contributed by atoms with Crippen LogP contribution in [-0.2, 0) is 27.1 Å². The molecule has 19 heavy (non-hydrogen) atoms. The second-order valence-corrected chi connectivity index (χ2v) is 4.52. The first-order valence-corrected chi connectivity index (χ1v) is 5.57. The quantitative estimate of drug-likeness (QED) is 0.446. The van der Waals surface area contributed by atoms with Crippen LogP contribution in [0, 0.1) is 6.08 Å². The average Bonchev–Trinajstić information content (AvgIpc) is 2.83. The van der Waals surface area contributed by atoms with Crippen molar-refractivity contribution in [3.63, 3.8) is 0 Å². The van der Waals surface area contributed by atoms with Crippen LogP contribution in [0.5, 0.6) is 5.75 Å². The van der Waals surface area contributed by atoms with E-state index in [2.05, 4.69) is 44.2 Å². The predicted octanol–water partition coefficient (Wildman–Crippen LogP) is -2.33. The number of benzene rings is 1. The zero-order valence-corrected chi connectivity index (χ0v) is 14.4. The molecule has 0 aliphatic heterocycles. The van der Waals surface area contributed by atoms with Crippen LogP contribution in [0.25, 0.3) is 0 Å². The van der Waals surface area contributed by atoms with Gasteiger partial charge in [-0.15, -0.1) is 6.42 Å². The number of para-hydroxylation sites is 1. The fourth-order valence-electron chi connectivity index (χ4n) is 2.14. The Morgan fingerprint density at radius 3 is 2.32 bits per heavy atom. The first-order chi connectivity index (χ1) is 7.66. The minimum absolute atomic E-state index is 0. The smallest absolute Gasteiger partial charge is 1.00 e. The van der Waals surface area contributed by atoms with Gasteiger partial charge in [-0.05, 0) is 11.5 Å². The van der Waals surface area contributed by atoms with Crippen LogP contribution in [0.2, 0.25) is 0 Å². The zero-order chi connectivity index (χ0) is 11.6. The van der Waals surface area contributed by atoms with Crippen LogP contribution in [0.4, 0.5) is 0 Å². The molecular formula is C15H17Cl2OTi. The molecule has 1 aliphatic rings. The van der Waals surface area contributed by atoms with Crippen molar-refractivity contribution in [2.24, 2.45) is 0 Å². The Hall–Kier alpha value is -0.206. The molecule has 101 valence electrons. The van der Waals surface area contributed by atoms with Gasteiger partial charge in [-0.25, -0.2) is 11.6 Å². The first kappa shape index (κ1) is 21.1. The van der Waals surface area contributed by atoms with E-state index in [4.69, 9.17) is 4.74 Å². The first-order valence-electron chi connectivity index (χ1n) is 5.57. The Balaban J connectivity index is 0. The van der Waals surface area contributed by atoms with Crippen LogP contribution >= 0.6 is 0 Å². The largest absolute Gasteiger partial charge is 3.00 e. The molecule has 0 bridgehead atoms. The van der Waals surface area contributed by atoms with E-state index in [1.807, 2.05) is 12.1 Å². The number of allylic oxidation sites excluding steroid dienone is 4. The second kappa shape index (κ2) is 8.86. The van der Waals surface area contributed by atoms with Crippen molar-refractivity contribution in [1.82, 2.24) is 0 Å². The molecule has 1 radical (unpaired) electrons. The average molecular weight is 332 g/mol. The number of methoxy groups -OCH3 is 1. The summed E-state index contributed by atoms with van der Waals surface area (Å²) in [5.41, 5.74) is 2.42. The molecule has 0 fully saturated rings. The van der Waals surface area contributed by atoms with Gasteiger partial charge in [0.15, 0.2) is 0 Å². The molecule has 2 rings (SSSR count). The summed E-state index contributed by atoms with van der Waals surface area (Å²) in [6, 6.07) is 8.19. The Labute approximate surface area is 143 Å². The maximum atomic E-state index is 5.43. The molecule has 1 nitrogen and oxygen atoms in total. The van der Waals surface area contributed by atoms with Gasteiger partial charge in [-0.2, -0.15) is 6.08 Å². The van der Waals surface area contributed by atoms with Gasteiger partial charge in [-0.3, -0.25) is 6.08 Å². The van der Waals surface area contributed by atoms with Crippen molar-refractivity contribution in [1.29, 1.82) is 0 Å². The molecule has 4 heteroatoms. The van der Waals surface area contributed by atoms with E-state index in [1.54, 1.807) is 7.11 Å². The van der Waals surface area contributed by atoms with Crippen molar-refractivity contribution in [2.45, 2.75) is 25.7 Å². The maximum absolute atomic E-state index is 5.43. The summed E-state index contributed by atoms with van der Waals surface area (Å²) in [4.78, 5) is 0. The molecular weight excluding hydrogens is 315 g/mol. The van der Waals surface area contributed by atoms with Gasteiger partial charge in [0.05, 0.1) is 7.11 Å². The van der Waals surface area contributed by atoms with Crippen molar-refractivity contribution >= 4 is 0 Å². The molecule has 0 atom stereocenters. The van der Waals surface area contributed by atoms with Gasteiger partial charge >= 0.3 is 21.7 Å². The molecule has 0 amide bonds. The fraction of sp³-hybridized carbons (Fsp3) is 0.333. The predicted molar refractivity (Wildman–Crippen MR) is 66.5 cm³/mol. The summed E-state index contributed by atoms with van der Waals surface area (Å²) in [6.07, 6.45) is 8.63. The third kappa shape index (κ3) is 4.39. The zero-order valence-electron chi connectivity index (χ0n) is 11.3. The number of hydrogen-bond donors (Lipinski definition) is 0. The van der Waals surface area contributed by atoms with Crippen LogP contribution in [0.15, 0.2) is 42.0 Å². The number of halogens is 2. The Morgan fingerprint density at radius 2 is 1.79 bits per heavy atom. The minimum Gasteiger partial charge on any atom is -1.00 e. The molecule has 1 aliphatic carbocycles. The molecule has 0 N–H and O–H groups in total. The number of ether oxygens (including phenoxy) is 1. The van der Waals surface area contributed by atoms with E-state index in [1.165, 1.54) is 11.1 Å². The molecule has 0 spiro atoms. The van der Waals surface area contributed by atoms with Gasteiger partial charge < -0.3 is 29.6 Å². The van der Waals surface area contributed by atoms with Gasteiger partial charge in [0, 0.05) is 5.56 Å². The van der Waals surface area contributed by atoms with Crippen LogP contribution in [0.1, 0.15) is 25.8 Å². The van der Waals surface area contributed by atoms with Crippen LogP contribution < -0.4 is 29.6 Å². The van der Waals surface area contributed by atoms with Gasteiger partial charge in [0.25, 0.3) is 0 Å².